The van der Waals surface area contributed by atoms with Gasteiger partial charge in [0.2, 0.25) is 0 Å². The van der Waals surface area contributed by atoms with E-state index in [0.717, 1.165) is 18.8 Å². The second-order valence-corrected chi connectivity index (χ2v) is 20.7. The van der Waals surface area contributed by atoms with Crippen molar-refractivity contribution >= 4 is 54.7 Å². The molecule has 0 aromatic heterocycles. The maximum atomic E-state index is 2.45. The average molecular weight is 977 g/mol. The number of allylic oxidation sites excluding steroid dienone is 7. The molecule has 11 aromatic rings. The lowest BCUT2D eigenvalue weighted by Gasteiger charge is -2.26. The molecule has 0 heterocycles. The third kappa shape index (κ3) is 9.03. The highest BCUT2D eigenvalue weighted by molar-refractivity contribution is 6.21. The molecule has 0 heteroatoms. The second kappa shape index (κ2) is 21.0. The molecular formula is C76H64. The summed E-state index contributed by atoms with van der Waals surface area (Å²) in [5.74, 6) is 1.43. The highest BCUT2D eigenvalue weighted by Gasteiger charge is 2.48. The second-order valence-electron chi connectivity index (χ2n) is 20.7. The van der Waals surface area contributed by atoms with Gasteiger partial charge in [0.1, 0.15) is 0 Å². The van der Waals surface area contributed by atoms with Crippen LogP contribution in [0.2, 0.25) is 0 Å². The first-order valence-electron chi connectivity index (χ1n) is 27.5. The fraction of sp³-hybridized carbons (Fsp3) is 0.132. The number of hydrogen-bond acceptors (Lipinski definition) is 0. The van der Waals surface area contributed by atoms with Crippen LogP contribution in [0.5, 0.6) is 0 Å². The van der Waals surface area contributed by atoms with Crippen molar-refractivity contribution in [3.8, 4) is 44.5 Å². The molecule has 11 aromatic carbocycles. The van der Waals surface area contributed by atoms with Crippen LogP contribution in [-0.2, 0) is 0 Å². The van der Waals surface area contributed by atoms with Crippen molar-refractivity contribution < 1.29 is 0 Å². The Bertz CT molecular complexity index is 4030. The average Bonchev–Trinajstić information content (AvgIpc) is 4.46. The van der Waals surface area contributed by atoms with E-state index in [-0.39, 0.29) is 0 Å². The van der Waals surface area contributed by atoms with Crippen molar-refractivity contribution in [2.45, 2.75) is 59.8 Å². The van der Waals surface area contributed by atoms with E-state index in [1.54, 1.807) is 16.7 Å². The summed E-state index contributed by atoms with van der Waals surface area (Å²) in [6, 6.07) is 79.4. The van der Waals surface area contributed by atoms with Crippen molar-refractivity contribution in [3.05, 3.63) is 287 Å². The zero-order valence-electron chi connectivity index (χ0n) is 44.4. The first-order valence-corrected chi connectivity index (χ1v) is 27.5. The van der Waals surface area contributed by atoms with E-state index in [4.69, 9.17) is 0 Å². The van der Waals surface area contributed by atoms with E-state index in [1.807, 2.05) is 13.8 Å². The number of benzene rings is 11. The predicted octanol–water partition coefficient (Wildman–Crippen LogP) is 21.5. The molecule has 15 rings (SSSR count). The highest BCUT2D eigenvalue weighted by atomic mass is 14.5. The number of aryl methyl sites for hydroxylation is 3. The molecule has 0 N–H and O–H groups in total. The number of hydrogen-bond donors (Lipinski definition) is 0. The van der Waals surface area contributed by atoms with Gasteiger partial charge in [-0.3, -0.25) is 0 Å². The number of rotatable bonds is 4. The Morgan fingerprint density at radius 1 is 0.368 bits per heavy atom. The Morgan fingerprint density at radius 2 is 0.855 bits per heavy atom. The largest absolute Gasteiger partial charge is 0.0804 e. The molecule has 2 unspecified atom stereocenters. The van der Waals surface area contributed by atoms with E-state index in [0.29, 0.717) is 5.92 Å². The molecule has 0 amide bonds. The summed E-state index contributed by atoms with van der Waals surface area (Å²) in [4.78, 5) is 0. The van der Waals surface area contributed by atoms with Gasteiger partial charge in [-0.2, -0.15) is 0 Å². The standard InChI is InChI=1S/C27H20.C26H22.C21H16.C2H6/c1-19-15-17-21(18-16-19)27-24-13-7-5-11-22(24)26(20-9-3-2-4-10-20)23-12-6-8-14-25(23)27;1-16-9-11-17(12-10-16)20-14-13-19-7-4-6-18-5-2-3-8-21-22-15-23(22)26(20)25(19)24(18)21;1-15-10-12-16(13-11-15)21-14-17-6-2-3-7-18(17)19-8-4-5-9-20(19)21;1-2/h2-18H,1H3;3-5,7-14,22-23H,2,6,15H2,1H3;2-14H,1H3;1-2H3. The Balaban J connectivity index is 0.000000114. The summed E-state index contributed by atoms with van der Waals surface area (Å²) in [6.45, 7) is 10.4. The van der Waals surface area contributed by atoms with Gasteiger partial charge in [0.25, 0.3) is 0 Å². The zero-order valence-corrected chi connectivity index (χ0v) is 44.4. The molecule has 1 fully saturated rings. The lowest BCUT2D eigenvalue weighted by Crippen LogP contribution is -2.08. The van der Waals surface area contributed by atoms with Crippen LogP contribution in [0.1, 0.15) is 72.4 Å². The lowest BCUT2D eigenvalue weighted by molar-refractivity contribution is 0.945. The molecule has 0 nitrogen and oxygen atoms in total. The molecular weight excluding hydrogens is 913 g/mol. The molecule has 76 heavy (non-hydrogen) atoms. The van der Waals surface area contributed by atoms with Crippen LogP contribution in [0.3, 0.4) is 0 Å². The first kappa shape index (κ1) is 48.4. The predicted molar refractivity (Wildman–Crippen MR) is 330 cm³/mol. The van der Waals surface area contributed by atoms with E-state index in [1.165, 1.54) is 127 Å². The SMILES string of the molecule is CC.Cc1ccc(-c2c3ccccc3c(-c3ccccc3)c3ccccc23)cc1.Cc1ccc(-c2cc3ccccc3c3ccccc23)cc1.Cc1ccc(-c2ccc3c4c2C2CC2C2=C4C(=CCC=C2)CC=C3)cc1. The Hall–Kier alpha value is -8.58. The van der Waals surface area contributed by atoms with Crippen LogP contribution in [0.15, 0.2) is 254 Å². The normalized spacial score (nSPS) is 15.5. The van der Waals surface area contributed by atoms with Gasteiger partial charge in [0.15, 0.2) is 0 Å². The minimum absolute atomic E-state index is 0.704. The van der Waals surface area contributed by atoms with Crippen LogP contribution in [0.4, 0.5) is 0 Å². The van der Waals surface area contributed by atoms with Crippen molar-refractivity contribution in [1.29, 1.82) is 0 Å². The molecule has 2 atom stereocenters. The van der Waals surface area contributed by atoms with Gasteiger partial charge in [0, 0.05) is 0 Å². The first-order chi connectivity index (χ1) is 37.5. The summed E-state index contributed by atoms with van der Waals surface area (Å²) >= 11 is 0. The van der Waals surface area contributed by atoms with Gasteiger partial charge in [-0.15, -0.1) is 0 Å². The van der Waals surface area contributed by atoms with Gasteiger partial charge in [-0.25, -0.2) is 0 Å². The van der Waals surface area contributed by atoms with E-state index >= 15 is 0 Å². The van der Waals surface area contributed by atoms with Crippen LogP contribution >= 0.6 is 0 Å². The van der Waals surface area contributed by atoms with Crippen molar-refractivity contribution in [1.82, 2.24) is 0 Å². The maximum absolute atomic E-state index is 2.45. The van der Waals surface area contributed by atoms with Crippen LogP contribution < -0.4 is 0 Å². The van der Waals surface area contributed by atoms with Gasteiger partial charge in [-0.05, 0) is 179 Å². The Morgan fingerprint density at radius 3 is 1.45 bits per heavy atom. The minimum Gasteiger partial charge on any atom is -0.0804 e. The molecule has 1 saturated carbocycles. The topological polar surface area (TPSA) is 0 Å². The third-order valence-corrected chi connectivity index (χ3v) is 16.0. The Kier molecular flexibility index (Phi) is 13.3. The lowest BCUT2D eigenvalue weighted by atomic mass is 9.77. The zero-order chi connectivity index (χ0) is 51.7. The quantitative estimate of drug-likeness (QED) is 0.122. The van der Waals surface area contributed by atoms with E-state index in [9.17, 15) is 0 Å². The molecule has 4 aliphatic rings. The van der Waals surface area contributed by atoms with Gasteiger partial charge >= 0.3 is 0 Å². The number of fused-ring (bicyclic) bond motifs is 8. The Labute approximate surface area is 449 Å². The molecule has 0 aliphatic heterocycles. The van der Waals surface area contributed by atoms with Crippen molar-refractivity contribution in [3.63, 3.8) is 0 Å². The fourth-order valence-electron chi connectivity index (χ4n) is 12.3. The molecule has 368 valence electrons. The molecule has 0 bridgehead atoms. The summed E-state index contributed by atoms with van der Waals surface area (Å²) in [5, 5.41) is 10.5. The third-order valence-electron chi connectivity index (χ3n) is 16.0. The van der Waals surface area contributed by atoms with Gasteiger partial charge in [0.05, 0.1) is 0 Å². The summed E-state index contributed by atoms with van der Waals surface area (Å²) < 4.78 is 0. The highest BCUT2D eigenvalue weighted by Crippen LogP contribution is 2.63. The summed E-state index contributed by atoms with van der Waals surface area (Å²) in [7, 11) is 0. The molecule has 0 spiro atoms. The van der Waals surface area contributed by atoms with Gasteiger partial charge < -0.3 is 0 Å². The van der Waals surface area contributed by atoms with E-state index in [2.05, 4.69) is 270 Å². The smallest absolute Gasteiger partial charge is 0.00264 e. The van der Waals surface area contributed by atoms with Gasteiger partial charge in [-0.1, -0.05) is 273 Å². The van der Waals surface area contributed by atoms with Crippen LogP contribution in [0.25, 0.3) is 99.2 Å². The fourth-order valence-corrected chi connectivity index (χ4v) is 12.3. The van der Waals surface area contributed by atoms with Crippen molar-refractivity contribution in [2.75, 3.05) is 0 Å². The minimum atomic E-state index is 0.704. The van der Waals surface area contributed by atoms with Crippen molar-refractivity contribution in [2.24, 2.45) is 5.92 Å². The van der Waals surface area contributed by atoms with Crippen LogP contribution in [-0.4, -0.2) is 0 Å². The van der Waals surface area contributed by atoms with E-state index < -0.39 is 0 Å². The molecule has 0 saturated heterocycles. The molecule has 4 aliphatic carbocycles. The monoisotopic (exact) mass is 977 g/mol. The summed E-state index contributed by atoms with van der Waals surface area (Å²) in [5.41, 5.74) is 23.7. The van der Waals surface area contributed by atoms with Crippen LogP contribution in [0, 0.1) is 26.7 Å². The summed E-state index contributed by atoms with van der Waals surface area (Å²) in [6.07, 6.45) is 15.4. The maximum Gasteiger partial charge on any atom is -0.00264 e. The molecule has 0 radical (unpaired) electrons.